The lowest BCUT2D eigenvalue weighted by Crippen LogP contribution is -2.54. The largest absolute Gasteiger partial charge is 0.493 e. The Labute approximate surface area is 252 Å². The molecule has 1 N–H and O–H groups in total. The SMILES string of the molecule is COc1ccc(S(=O)(=O)N(CC(=O)N2CC(C(=O)NCc3ccccc3)Oc3ccccc32)C2CCCCC2)cc1OC. The zero-order valence-corrected chi connectivity index (χ0v) is 25.2. The van der Waals surface area contributed by atoms with Crippen molar-refractivity contribution in [3.05, 3.63) is 78.4 Å². The Hall–Kier alpha value is -4.09. The Bertz CT molecular complexity index is 1540. The van der Waals surface area contributed by atoms with E-state index in [-0.39, 0.29) is 35.7 Å². The van der Waals surface area contributed by atoms with Crippen molar-refractivity contribution < 1.29 is 32.2 Å². The van der Waals surface area contributed by atoms with Crippen molar-refractivity contribution in [2.75, 3.05) is 32.2 Å². The van der Waals surface area contributed by atoms with Crippen LogP contribution in [0.5, 0.6) is 17.2 Å². The van der Waals surface area contributed by atoms with Gasteiger partial charge >= 0.3 is 0 Å². The minimum absolute atomic E-state index is 0.0177. The number of rotatable bonds is 10. The van der Waals surface area contributed by atoms with E-state index >= 15 is 0 Å². The molecular weight excluding hydrogens is 570 g/mol. The first-order chi connectivity index (χ1) is 20.8. The summed E-state index contributed by atoms with van der Waals surface area (Å²) in [6.45, 7) is -0.117. The Kier molecular flexibility index (Phi) is 9.52. The van der Waals surface area contributed by atoms with Crippen molar-refractivity contribution >= 4 is 27.5 Å². The van der Waals surface area contributed by atoms with Crippen molar-refractivity contribution in [1.29, 1.82) is 0 Å². The van der Waals surface area contributed by atoms with Crippen LogP contribution in [0, 0.1) is 0 Å². The van der Waals surface area contributed by atoms with Gasteiger partial charge in [-0.15, -0.1) is 0 Å². The van der Waals surface area contributed by atoms with Gasteiger partial charge in [0.05, 0.1) is 37.9 Å². The van der Waals surface area contributed by atoms with Crippen LogP contribution in [0.15, 0.2) is 77.7 Å². The summed E-state index contributed by atoms with van der Waals surface area (Å²) in [5.74, 6) is 0.270. The smallest absolute Gasteiger partial charge is 0.263 e. The molecule has 2 aliphatic rings. The maximum atomic E-state index is 14.1. The van der Waals surface area contributed by atoms with Gasteiger partial charge in [0.15, 0.2) is 17.6 Å². The minimum atomic E-state index is -4.10. The van der Waals surface area contributed by atoms with Crippen LogP contribution < -0.4 is 24.4 Å². The number of fused-ring (bicyclic) bond motifs is 1. The van der Waals surface area contributed by atoms with Gasteiger partial charge in [-0.3, -0.25) is 9.59 Å². The molecule has 3 aromatic rings. The fourth-order valence-corrected chi connectivity index (χ4v) is 7.27. The number of nitrogens with zero attached hydrogens (tertiary/aromatic N) is 2. The molecule has 0 radical (unpaired) electrons. The third-order valence-electron chi connectivity index (χ3n) is 7.91. The Morgan fingerprint density at radius 2 is 1.63 bits per heavy atom. The molecule has 228 valence electrons. The zero-order chi connectivity index (χ0) is 30.4. The third-order valence-corrected chi connectivity index (χ3v) is 9.81. The number of methoxy groups -OCH3 is 2. The van der Waals surface area contributed by atoms with Gasteiger partial charge in [-0.05, 0) is 42.7 Å². The summed E-state index contributed by atoms with van der Waals surface area (Å²) >= 11 is 0. The maximum absolute atomic E-state index is 14.1. The monoisotopic (exact) mass is 607 g/mol. The summed E-state index contributed by atoms with van der Waals surface area (Å²) in [5, 5.41) is 2.89. The first-order valence-corrected chi connectivity index (χ1v) is 15.9. The topological polar surface area (TPSA) is 114 Å². The van der Waals surface area contributed by atoms with Crippen LogP contribution in [0.3, 0.4) is 0 Å². The number of hydrogen-bond acceptors (Lipinski definition) is 7. The summed E-state index contributed by atoms with van der Waals surface area (Å²) < 4.78 is 46.2. The molecule has 1 heterocycles. The molecular formula is C32H37N3O7S. The fraction of sp³-hybridized carbons (Fsp3) is 0.375. The van der Waals surface area contributed by atoms with E-state index in [4.69, 9.17) is 14.2 Å². The van der Waals surface area contributed by atoms with Gasteiger partial charge in [-0.25, -0.2) is 8.42 Å². The number of benzene rings is 3. The molecule has 0 aromatic heterocycles. The number of ether oxygens (including phenoxy) is 3. The molecule has 3 aromatic carbocycles. The summed E-state index contributed by atoms with van der Waals surface area (Å²) in [5.41, 5.74) is 1.43. The van der Waals surface area contributed by atoms with E-state index in [0.717, 1.165) is 24.8 Å². The number of para-hydroxylation sites is 2. The molecule has 0 bridgehead atoms. The van der Waals surface area contributed by atoms with Crippen molar-refractivity contribution in [2.24, 2.45) is 0 Å². The summed E-state index contributed by atoms with van der Waals surface area (Å²) in [6.07, 6.45) is 3.12. The van der Waals surface area contributed by atoms with Crippen molar-refractivity contribution in [3.8, 4) is 17.2 Å². The molecule has 5 rings (SSSR count). The van der Waals surface area contributed by atoms with Gasteiger partial charge in [0.25, 0.3) is 5.91 Å². The lowest BCUT2D eigenvalue weighted by molar-refractivity contribution is -0.128. The highest BCUT2D eigenvalue weighted by Crippen LogP contribution is 2.36. The normalized spacial score (nSPS) is 17.1. The molecule has 43 heavy (non-hydrogen) atoms. The van der Waals surface area contributed by atoms with Gasteiger partial charge < -0.3 is 24.4 Å². The van der Waals surface area contributed by atoms with Gasteiger partial charge in [0, 0.05) is 18.7 Å². The van der Waals surface area contributed by atoms with Crippen LogP contribution in [0.4, 0.5) is 5.69 Å². The Balaban J connectivity index is 1.41. The van der Waals surface area contributed by atoms with Crippen molar-refractivity contribution in [3.63, 3.8) is 0 Å². The number of carbonyl (C=O) groups excluding carboxylic acids is 2. The van der Waals surface area contributed by atoms with Crippen LogP contribution >= 0.6 is 0 Å². The number of sulfonamides is 1. The van der Waals surface area contributed by atoms with E-state index in [1.165, 1.54) is 35.6 Å². The van der Waals surface area contributed by atoms with E-state index in [0.29, 0.717) is 36.6 Å². The third kappa shape index (κ3) is 6.78. The average Bonchev–Trinajstić information content (AvgIpc) is 3.05. The Morgan fingerprint density at radius 1 is 0.930 bits per heavy atom. The van der Waals surface area contributed by atoms with Gasteiger partial charge in [-0.1, -0.05) is 61.7 Å². The van der Waals surface area contributed by atoms with E-state index in [1.54, 1.807) is 30.3 Å². The second-order valence-corrected chi connectivity index (χ2v) is 12.5. The molecule has 1 atom stereocenters. The van der Waals surface area contributed by atoms with Gasteiger partial charge in [0.2, 0.25) is 15.9 Å². The number of anilines is 1. The van der Waals surface area contributed by atoms with Gasteiger partial charge in [-0.2, -0.15) is 4.31 Å². The van der Waals surface area contributed by atoms with E-state index in [9.17, 15) is 18.0 Å². The predicted molar refractivity (Wildman–Crippen MR) is 162 cm³/mol. The molecule has 10 nitrogen and oxygen atoms in total. The van der Waals surface area contributed by atoms with Gasteiger partial charge in [0.1, 0.15) is 5.75 Å². The lowest BCUT2D eigenvalue weighted by Gasteiger charge is -2.37. The van der Waals surface area contributed by atoms with E-state index in [1.807, 2.05) is 30.3 Å². The predicted octanol–water partition coefficient (Wildman–Crippen LogP) is 4.14. The highest BCUT2D eigenvalue weighted by atomic mass is 32.2. The highest BCUT2D eigenvalue weighted by Gasteiger charge is 2.39. The summed E-state index contributed by atoms with van der Waals surface area (Å²) in [4.78, 5) is 28.7. The van der Waals surface area contributed by atoms with Crippen LogP contribution in [-0.4, -0.2) is 64.0 Å². The van der Waals surface area contributed by atoms with Crippen LogP contribution in [-0.2, 0) is 26.2 Å². The van der Waals surface area contributed by atoms with Crippen molar-refractivity contribution in [1.82, 2.24) is 9.62 Å². The zero-order valence-electron chi connectivity index (χ0n) is 24.4. The first-order valence-electron chi connectivity index (χ1n) is 14.4. The average molecular weight is 608 g/mol. The molecule has 1 aliphatic carbocycles. The summed E-state index contributed by atoms with van der Waals surface area (Å²) in [6, 6.07) is 20.6. The molecule has 1 saturated carbocycles. The fourth-order valence-electron chi connectivity index (χ4n) is 5.62. The number of hydrogen-bond donors (Lipinski definition) is 1. The molecule has 1 fully saturated rings. The minimum Gasteiger partial charge on any atom is -0.493 e. The molecule has 2 amide bonds. The Morgan fingerprint density at radius 3 is 2.35 bits per heavy atom. The quantitative estimate of drug-likeness (QED) is 0.369. The van der Waals surface area contributed by atoms with Crippen molar-refractivity contribution in [2.45, 2.75) is 55.7 Å². The molecule has 1 unspecified atom stereocenters. The van der Waals surface area contributed by atoms with E-state index < -0.39 is 22.0 Å². The first kappa shape index (κ1) is 30.4. The second kappa shape index (κ2) is 13.5. The molecule has 11 heteroatoms. The molecule has 0 spiro atoms. The number of carbonyl (C=O) groups is 2. The van der Waals surface area contributed by atoms with E-state index in [2.05, 4.69) is 5.32 Å². The highest BCUT2D eigenvalue weighted by molar-refractivity contribution is 7.89. The molecule has 0 saturated heterocycles. The second-order valence-electron chi connectivity index (χ2n) is 10.6. The van der Waals surface area contributed by atoms with Crippen LogP contribution in [0.25, 0.3) is 0 Å². The lowest BCUT2D eigenvalue weighted by atomic mass is 9.95. The summed E-state index contributed by atoms with van der Waals surface area (Å²) in [7, 11) is -1.17. The standard InChI is InChI=1S/C32H37N3O7S/c1-40-28-18-17-25(19-29(28)41-2)43(38,39)35(24-13-7-4-8-14-24)22-31(36)34-21-30(42-27-16-10-9-15-26(27)34)32(37)33-20-23-11-5-3-6-12-23/h3,5-6,9-12,15-19,24,30H,4,7-8,13-14,20-22H2,1-2H3,(H,33,37). The number of nitrogens with one attached hydrogen (secondary N) is 1. The van der Waals surface area contributed by atoms with Crippen LogP contribution in [0.2, 0.25) is 0 Å². The maximum Gasteiger partial charge on any atom is 0.263 e. The molecule has 1 aliphatic heterocycles. The van der Waals surface area contributed by atoms with Crippen LogP contribution in [0.1, 0.15) is 37.7 Å². The number of amides is 2.